The third-order valence-electron chi connectivity index (χ3n) is 4.91. The summed E-state index contributed by atoms with van der Waals surface area (Å²) in [5.41, 5.74) is 8.11. The lowest BCUT2D eigenvalue weighted by atomic mass is 9.99. The van der Waals surface area contributed by atoms with Gasteiger partial charge in [-0.25, -0.2) is 0 Å². The van der Waals surface area contributed by atoms with Gasteiger partial charge in [-0.3, -0.25) is 0 Å². The van der Waals surface area contributed by atoms with Gasteiger partial charge < -0.3 is 4.57 Å². The van der Waals surface area contributed by atoms with Gasteiger partial charge in [-0.2, -0.15) is 0 Å². The zero-order valence-corrected chi connectivity index (χ0v) is 12.9. The molecular formula is C22H17N. The molecule has 0 amide bonds. The summed E-state index contributed by atoms with van der Waals surface area (Å²) in [6, 6.07) is 28.6. The van der Waals surface area contributed by atoms with Crippen molar-refractivity contribution in [2.24, 2.45) is 0 Å². The van der Waals surface area contributed by atoms with E-state index in [2.05, 4.69) is 83.4 Å². The highest BCUT2D eigenvalue weighted by Crippen LogP contribution is 2.36. The predicted molar refractivity (Wildman–Crippen MR) is 96.5 cm³/mol. The first-order chi connectivity index (χ1) is 11.4. The Labute approximate surface area is 135 Å². The maximum absolute atomic E-state index is 2.46. The van der Waals surface area contributed by atoms with Crippen LogP contribution in [0, 0.1) is 0 Å². The van der Waals surface area contributed by atoms with Gasteiger partial charge in [0.25, 0.3) is 0 Å². The van der Waals surface area contributed by atoms with Gasteiger partial charge >= 0.3 is 0 Å². The molecule has 0 bridgehead atoms. The Balaban J connectivity index is 1.73. The van der Waals surface area contributed by atoms with E-state index >= 15 is 0 Å². The standard InChI is InChI=1S/C22H17N/c1-2-6-16(7-3-1)18-10-11-21-19(14-18)15-22-20-9-5-4-8-17(20)12-13-23(21)22/h1-11,14-15H,12-13H2. The summed E-state index contributed by atoms with van der Waals surface area (Å²) in [4.78, 5) is 0. The fourth-order valence-corrected chi connectivity index (χ4v) is 3.77. The second kappa shape index (κ2) is 4.85. The fourth-order valence-electron chi connectivity index (χ4n) is 3.77. The van der Waals surface area contributed by atoms with E-state index in [9.17, 15) is 0 Å². The highest BCUT2D eigenvalue weighted by Gasteiger charge is 2.18. The van der Waals surface area contributed by atoms with E-state index in [1.807, 2.05) is 0 Å². The zero-order chi connectivity index (χ0) is 15.2. The fraction of sp³-hybridized carbons (Fsp3) is 0.0909. The smallest absolute Gasteiger partial charge is 0.0494 e. The number of aromatic nitrogens is 1. The molecule has 1 heteroatoms. The Kier molecular flexibility index (Phi) is 2.68. The minimum absolute atomic E-state index is 1.07. The molecule has 1 aliphatic rings. The average Bonchev–Trinajstić information content (AvgIpc) is 3.00. The SMILES string of the molecule is c1ccc(-c2ccc3c(c2)cc2n3CCc3ccccc3-2)cc1. The van der Waals surface area contributed by atoms with Crippen LogP contribution in [-0.2, 0) is 13.0 Å². The Morgan fingerprint density at radius 2 is 1.52 bits per heavy atom. The van der Waals surface area contributed by atoms with Gasteiger partial charge in [0.2, 0.25) is 0 Å². The lowest BCUT2D eigenvalue weighted by molar-refractivity contribution is 0.710. The molecule has 110 valence electrons. The number of benzene rings is 3. The van der Waals surface area contributed by atoms with Gasteiger partial charge in [0.05, 0.1) is 0 Å². The molecule has 1 aromatic heterocycles. The first-order valence-corrected chi connectivity index (χ1v) is 8.17. The molecule has 0 unspecified atom stereocenters. The summed E-state index contributed by atoms with van der Waals surface area (Å²) in [7, 11) is 0. The first-order valence-electron chi connectivity index (χ1n) is 8.17. The first kappa shape index (κ1) is 12.7. The van der Waals surface area contributed by atoms with E-state index < -0.39 is 0 Å². The van der Waals surface area contributed by atoms with Gasteiger partial charge in [0.1, 0.15) is 0 Å². The maximum Gasteiger partial charge on any atom is 0.0494 e. The van der Waals surface area contributed by atoms with Crippen molar-refractivity contribution < 1.29 is 0 Å². The van der Waals surface area contributed by atoms with Crippen LogP contribution in [0.1, 0.15) is 5.56 Å². The van der Waals surface area contributed by atoms with Crippen LogP contribution in [0.3, 0.4) is 0 Å². The number of hydrogen-bond donors (Lipinski definition) is 0. The Morgan fingerprint density at radius 1 is 0.696 bits per heavy atom. The number of nitrogens with zero attached hydrogens (tertiary/aromatic N) is 1. The van der Waals surface area contributed by atoms with E-state index in [0.717, 1.165) is 13.0 Å². The van der Waals surface area contributed by atoms with Crippen molar-refractivity contribution in [2.45, 2.75) is 13.0 Å². The molecule has 23 heavy (non-hydrogen) atoms. The van der Waals surface area contributed by atoms with Crippen LogP contribution in [0.5, 0.6) is 0 Å². The van der Waals surface area contributed by atoms with Crippen molar-refractivity contribution in [3.63, 3.8) is 0 Å². The molecule has 0 N–H and O–H groups in total. The van der Waals surface area contributed by atoms with Gasteiger partial charge in [-0.05, 0) is 41.3 Å². The summed E-state index contributed by atoms with van der Waals surface area (Å²) >= 11 is 0. The molecule has 0 saturated heterocycles. The van der Waals surface area contributed by atoms with Crippen molar-refractivity contribution in [3.8, 4) is 22.4 Å². The maximum atomic E-state index is 2.46. The normalized spacial score (nSPS) is 12.9. The molecule has 0 fully saturated rings. The van der Waals surface area contributed by atoms with Crippen LogP contribution in [0.2, 0.25) is 0 Å². The number of rotatable bonds is 1. The van der Waals surface area contributed by atoms with Crippen molar-refractivity contribution in [3.05, 3.63) is 84.4 Å². The molecule has 4 aromatic rings. The van der Waals surface area contributed by atoms with Crippen LogP contribution in [0.15, 0.2) is 78.9 Å². The van der Waals surface area contributed by atoms with Crippen molar-refractivity contribution in [1.82, 2.24) is 4.57 Å². The van der Waals surface area contributed by atoms with E-state index in [0.29, 0.717) is 0 Å². The highest BCUT2D eigenvalue weighted by atomic mass is 15.0. The number of fused-ring (bicyclic) bond motifs is 5. The molecule has 0 spiro atoms. The van der Waals surface area contributed by atoms with Gasteiger partial charge in [-0.1, -0.05) is 60.7 Å². The second-order valence-corrected chi connectivity index (χ2v) is 6.23. The zero-order valence-electron chi connectivity index (χ0n) is 12.9. The van der Waals surface area contributed by atoms with Crippen LogP contribution < -0.4 is 0 Å². The lowest BCUT2D eigenvalue weighted by Crippen LogP contribution is -2.09. The minimum atomic E-state index is 1.07. The third-order valence-corrected chi connectivity index (χ3v) is 4.91. The minimum Gasteiger partial charge on any atom is -0.340 e. The predicted octanol–water partition coefficient (Wildman–Crippen LogP) is 5.53. The second-order valence-electron chi connectivity index (χ2n) is 6.23. The van der Waals surface area contributed by atoms with Crippen LogP contribution in [0.25, 0.3) is 33.3 Å². The van der Waals surface area contributed by atoms with Crippen LogP contribution >= 0.6 is 0 Å². The third kappa shape index (κ3) is 1.93. The Morgan fingerprint density at radius 3 is 2.43 bits per heavy atom. The van der Waals surface area contributed by atoms with E-state index in [4.69, 9.17) is 0 Å². The molecule has 0 atom stereocenters. The summed E-state index contributed by atoms with van der Waals surface area (Å²) in [6.45, 7) is 1.07. The summed E-state index contributed by atoms with van der Waals surface area (Å²) in [5, 5.41) is 1.33. The molecule has 5 rings (SSSR count). The molecule has 0 aliphatic carbocycles. The lowest BCUT2D eigenvalue weighted by Gasteiger charge is -2.19. The molecule has 0 saturated carbocycles. The van der Waals surface area contributed by atoms with E-state index in [-0.39, 0.29) is 0 Å². The largest absolute Gasteiger partial charge is 0.340 e. The monoisotopic (exact) mass is 295 g/mol. The van der Waals surface area contributed by atoms with Gasteiger partial charge in [-0.15, -0.1) is 0 Å². The Hall–Kier alpha value is -2.80. The molecule has 2 heterocycles. The van der Waals surface area contributed by atoms with Gasteiger partial charge in [0, 0.05) is 28.7 Å². The van der Waals surface area contributed by atoms with Crippen LogP contribution in [-0.4, -0.2) is 4.57 Å². The quantitative estimate of drug-likeness (QED) is 0.435. The summed E-state index contributed by atoms with van der Waals surface area (Å²) in [6.07, 6.45) is 1.12. The topological polar surface area (TPSA) is 4.93 Å². The molecule has 1 aliphatic heterocycles. The van der Waals surface area contributed by atoms with Crippen molar-refractivity contribution in [2.75, 3.05) is 0 Å². The van der Waals surface area contributed by atoms with Crippen molar-refractivity contribution in [1.29, 1.82) is 0 Å². The van der Waals surface area contributed by atoms with E-state index in [1.54, 1.807) is 0 Å². The summed E-state index contributed by atoms with van der Waals surface area (Å²) < 4.78 is 2.46. The average molecular weight is 295 g/mol. The molecular weight excluding hydrogens is 278 g/mol. The van der Waals surface area contributed by atoms with Gasteiger partial charge in [0.15, 0.2) is 0 Å². The Bertz CT molecular complexity index is 1010. The molecule has 1 nitrogen and oxygen atoms in total. The van der Waals surface area contributed by atoms with E-state index in [1.165, 1.54) is 38.9 Å². The molecule has 3 aromatic carbocycles. The molecule has 0 radical (unpaired) electrons. The number of hydrogen-bond acceptors (Lipinski definition) is 0. The van der Waals surface area contributed by atoms with Crippen molar-refractivity contribution >= 4 is 10.9 Å². The highest BCUT2D eigenvalue weighted by molar-refractivity contribution is 5.91. The van der Waals surface area contributed by atoms with Crippen LogP contribution in [0.4, 0.5) is 0 Å². The summed E-state index contributed by atoms with van der Waals surface area (Å²) in [5.74, 6) is 0. The number of aryl methyl sites for hydroxylation is 2.